The van der Waals surface area contributed by atoms with Gasteiger partial charge in [0.25, 0.3) is 0 Å². The molecule has 0 heterocycles. The van der Waals surface area contributed by atoms with Gasteiger partial charge in [0.2, 0.25) is 0 Å². The minimum absolute atomic E-state index is 0.267. The highest BCUT2D eigenvalue weighted by Gasteiger charge is 2.37. The number of carbonyl (C=O) groups is 1. The number of rotatable bonds is 4. The lowest BCUT2D eigenvalue weighted by Gasteiger charge is -2.24. The molecular formula is C13H20O2. The molecule has 0 radical (unpaired) electrons. The first kappa shape index (κ1) is 12.0. The van der Waals surface area contributed by atoms with Crippen molar-refractivity contribution >= 4 is 5.97 Å². The molecule has 2 unspecified atom stereocenters. The van der Waals surface area contributed by atoms with Crippen molar-refractivity contribution in [3.8, 4) is 0 Å². The standard InChI is InChI=1S/C13H20O2/c1-5-6-11-7-8-13(4,9-11)15-12(14)10(2)3/h5,11H,1-2,6-9H2,3-4H3. The third-order valence-corrected chi connectivity index (χ3v) is 2.99. The zero-order valence-corrected chi connectivity index (χ0v) is 9.71. The Bertz CT molecular complexity index is 280. The molecule has 2 nitrogen and oxygen atoms in total. The third-order valence-electron chi connectivity index (χ3n) is 2.99. The van der Waals surface area contributed by atoms with E-state index in [1.165, 1.54) is 0 Å². The summed E-state index contributed by atoms with van der Waals surface area (Å²) in [5.41, 5.74) is 0.187. The van der Waals surface area contributed by atoms with Gasteiger partial charge in [0.15, 0.2) is 0 Å². The van der Waals surface area contributed by atoms with Crippen molar-refractivity contribution < 1.29 is 9.53 Å². The van der Waals surface area contributed by atoms with Crippen LogP contribution < -0.4 is 0 Å². The van der Waals surface area contributed by atoms with Gasteiger partial charge in [-0.25, -0.2) is 4.79 Å². The van der Waals surface area contributed by atoms with Crippen LogP contribution in [0.5, 0.6) is 0 Å². The Labute approximate surface area is 92.0 Å². The first-order chi connectivity index (χ1) is 6.97. The lowest BCUT2D eigenvalue weighted by molar-refractivity contribution is -0.152. The molecule has 15 heavy (non-hydrogen) atoms. The Hall–Kier alpha value is -1.05. The number of allylic oxidation sites excluding steroid dienone is 1. The molecule has 1 aliphatic carbocycles. The molecule has 0 aromatic rings. The summed E-state index contributed by atoms with van der Waals surface area (Å²) in [5, 5.41) is 0. The highest BCUT2D eigenvalue weighted by molar-refractivity contribution is 5.87. The van der Waals surface area contributed by atoms with E-state index < -0.39 is 0 Å². The van der Waals surface area contributed by atoms with Gasteiger partial charge < -0.3 is 4.74 Å². The zero-order valence-electron chi connectivity index (χ0n) is 9.71. The van der Waals surface area contributed by atoms with Crippen molar-refractivity contribution in [2.45, 2.75) is 45.1 Å². The first-order valence-corrected chi connectivity index (χ1v) is 5.46. The van der Waals surface area contributed by atoms with E-state index in [4.69, 9.17) is 4.74 Å². The first-order valence-electron chi connectivity index (χ1n) is 5.46. The van der Waals surface area contributed by atoms with Crippen molar-refractivity contribution in [1.29, 1.82) is 0 Å². The molecule has 1 fully saturated rings. The van der Waals surface area contributed by atoms with Gasteiger partial charge in [-0.05, 0) is 45.4 Å². The van der Waals surface area contributed by atoms with E-state index in [1.54, 1.807) is 6.92 Å². The summed E-state index contributed by atoms with van der Waals surface area (Å²) in [7, 11) is 0. The van der Waals surface area contributed by atoms with E-state index in [0.29, 0.717) is 11.5 Å². The van der Waals surface area contributed by atoms with Crippen LogP contribution in [0.3, 0.4) is 0 Å². The Kier molecular flexibility index (Phi) is 3.72. The van der Waals surface area contributed by atoms with Crippen molar-refractivity contribution in [2.24, 2.45) is 5.92 Å². The zero-order chi connectivity index (χ0) is 11.5. The quantitative estimate of drug-likeness (QED) is 0.403. The maximum Gasteiger partial charge on any atom is 0.333 e. The Morgan fingerprint density at radius 2 is 2.33 bits per heavy atom. The Morgan fingerprint density at radius 1 is 1.67 bits per heavy atom. The average Bonchev–Trinajstić information content (AvgIpc) is 2.48. The van der Waals surface area contributed by atoms with Crippen LogP contribution in [0.15, 0.2) is 24.8 Å². The molecule has 0 aliphatic heterocycles. The molecule has 0 saturated heterocycles. The van der Waals surface area contributed by atoms with Crippen LogP contribution in [-0.4, -0.2) is 11.6 Å². The van der Waals surface area contributed by atoms with Gasteiger partial charge in [-0.3, -0.25) is 0 Å². The summed E-state index contributed by atoms with van der Waals surface area (Å²) >= 11 is 0. The fourth-order valence-corrected chi connectivity index (χ4v) is 2.16. The monoisotopic (exact) mass is 208 g/mol. The van der Waals surface area contributed by atoms with E-state index in [-0.39, 0.29) is 11.6 Å². The second-order valence-corrected chi connectivity index (χ2v) is 4.75. The molecule has 0 spiro atoms. The van der Waals surface area contributed by atoms with Crippen LogP contribution in [0.4, 0.5) is 0 Å². The lowest BCUT2D eigenvalue weighted by atomic mass is 10.00. The topological polar surface area (TPSA) is 26.3 Å². The SMILES string of the molecule is C=CCC1CCC(C)(OC(=O)C(=C)C)C1. The minimum Gasteiger partial charge on any atom is -0.456 e. The predicted molar refractivity (Wildman–Crippen MR) is 61.5 cm³/mol. The van der Waals surface area contributed by atoms with E-state index in [0.717, 1.165) is 25.7 Å². The predicted octanol–water partition coefficient (Wildman–Crippen LogP) is 3.24. The average molecular weight is 208 g/mol. The largest absolute Gasteiger partial charge is 0.456 e. The molecule has 1 aliphatic rings. The van der Waals surface area contributed by atoms with Gasteiger partial charge in [-0.15, -0.1) is 6.58 Å². The van der Waals surface area contributed by atoms with E-state index in [2.05, 4.69) is 13.2 Å². The molecule has 0 N–H and O–H groups in total. The van der Waals surface area contributed by atoms with Crippen molar-refractivity contribution in [3.63, 3.8) is 0 Å². The van der Waals surface area contributed by atoms with Gasteiger partial charge in [0.1, 0.15) is 5.60 Å². The van der Waals surface area contributed by atoms with E-state index in [1.807, 2.05) is 13.0 Å². The number of hydrogen-bond acceptors (Lipinski definition) is 2. The highest BCUT2D eigenvalue weighted by atomic mass is 16.6. The number of esters is 1. The van der Waals surface area contributed by atoms with Crippen LogP contribution in [-0.2, 0) is 9.53 Å². The summed E-state index contributed by atoms with van der Waals surface area (Å²) < 4.78 is 5.46. The third kappa shape index (κ3) is 3.22. The summed E-state index contributed by atoms with van der Waals surface area (Å²) in [6, 6.07) is 0. The minimum atomic E-state index is -0.288. The van der Waals surface area contributed by atoms with Crippen molar-refractivity contribution in [3.05, 3.63) is 24.8 Å². The van der Waals surface area contributed by atoms with Gasteiger partial charge in [-0.1, -0.05) is 12.7 Å². The van der Waals surface area contributed by atoms with Crippen LogP contribution in [0, 0.1) is 5.92 Å². The second-order valence-electron chi connectivity index (χ2n) is 4.75. The second kappa shape index (κ2) is 4.65. The summed E-state index contributed by atoms with van der Waals surface area (Å²) in [6.45, 7) is 11.0. The smallest absolute Gasteiger partial charge is 0.333 e. The molecule has 1 saturated carbocycles. The van der Waals surface area contributed by atoms with Gasteiger partial charge in [-0.2, -0.15) is 0 Å². The summed E-state index contributed by atoms with van der Waals surface area (Å²) in [6.07, 6.45) is 5.96. The van der Waals surface area contributed by atoms with Crippen LogP contribution in [0.2, 0.25) is 0 Å². The van der Waals surface area contributed by atoms with Gasteiger partial charge in [0, 0.05) is 5.57 Å². The number of hydrogen-bond donors (Lipinski definition) is 0. The summed E-state index contributed by atoms with van der Waals surface area (Å²) in [4.78, 5) is 11.4. The molecule has 84 valence electrons. The fraction of sp³-hybridized carbons (Fsp3) is 0.615. The normalized spacial score (nSPS) is 29.9. The van der Waals surface area contributed by atoms with Crippen LogP contribution in [0.25, 0.3) is 0 Å². The molecular weight excluding hydrogens is 188 g/mol. The Balaban J connectivity index is 2.51. The maximum absolute atomic E-state index is 11.4. The fourth-order valence-electron chi connectivity index (χ4n) is 2.16. The molecule has 2 atom stereocenters. The summed E-state index contributed by atoms with van der Waals surface area (Å²) in [5.74, 6) is 0.349. The maximum atomic E-state index is 11.4. The molecule has 0 aromatic carbocycles. The highest BCUT2D eigenvalue weighted by Crippen LogP contribution is 2.39. The molecule has 2 heteroatoms. The van der Waals surface area contributed by atoms with E-state index in [9.17, 15) is 4.79 Å². The van der Waals surface area contributed by atoms with Crippen molar-refractivity contribution in [2.75, 3.05) is 0 Å². The lowest BCUT2D eigenvalue weighted by Crippen LogP contribution is -2.28. The van der Waals surface area contributed by atoms with Crippen molar-refractivity contribution in [1.82, 2.24) is 0 Å². The molecule has 0 bridgehead atoms. The Morgan fingerprint density at radius 3 is 2.87 bits per heavy atom. The number of carbonyl (C=O) groups excluding carboxylic acids is 1. The molecule has 0 amide bonds. The van der Waals surface area contributed by atoms with Crippen LogP contribution in [0.1, 0.15) is 39.5 Å². The van der Waals surface area contributed by atoms with E-state index >= 15 is 0 Å². The van der Waals surface area contributed by atoms with Gasteiger partial charge in [0.05, 0.1) is 0 Å². The number of ether oxygens (including phenoxy) is 1. The van der Waals surface area contributed by atoms with Crippen LogP contribution >= 0.6 is 0 Å². The molecule has 1 rings (SSSR count). The van der Waals surface area contributed by atoms with Gasteiger partial charge >= 0.3 is 5.97 Å². The molecule has 0 aromatic heterocycles.